The van der Waals surface area contributed by atoms with E-state index in [1.807, 2.05) is 25.2 Å². The first-order valence-electron chi connectivity index (χ1n) is 13.5. The minimum Gasteiger partial charge on any atom is -0.369 e. The van der Waals surface area contributed by atoms with Crippen LogP contribution in [0.25, 0.3) is 22.0 Å². The third-order valence-corrected chi connectivity index (χ3v) is 9.36. The topological polar surface area (TPSA) is 112 Å². The van der Waals surface area contributed by atoms with Gasteiger partial charge in [0.05, 0.1) is 12.2 Å². The number of carbonyl (C=O) groups is 1. The van der Waals surface area contributed by atoms with Crippen molar-refractivity contribution >= 4 is 26.8 Å². The fourth-order valence-electron chi connectivity index (χ4n) is 5.43. The van der Waals surface area contributed by atoms with Crippen LogP contribution in [0.15, 0.2) is 42.6 Å². The van der Waals surface area contributed by atoms with Crippen molar-refractivity contribution in [3.8, 4) is 11.1 Å². The van der Waals surface area contributed by atoms with Crippen LogP contribution >= 0.6 is 0 Å². The predicted molar refractivity (Wildman–Crippen MR) is 155 cm³/mol. The van der Waals surface area contributed by atoms with E-state index < -0.39 is 10.0 Å². The number of piperidine rings is 1. The molecule has 0 radical (unpaired) electrons. The van der Waals surface area contributed by atoms with E-state index in [4.69, 9.17) is 5.73 Å². The number of nitrogens with zero attached hydrogens (tertiary/aromatic N) is 2. The first kappa shape index (κ1) is 28.3. The number of hydrogen-bond donors (Lipinski definition) is 3. The van der Waals surface area contributed by atoms with Gasteiger partial charge in [0.2, 0.25) is 15.9 Å². The van der Waals surface area contributed by atoms with Crippen LogP contribution in [0.5, 0.6) is 0 Å². The number of rotatable bonds is 12. The van der Waals surface area contributed by atoms with Crippen molar-refractivity contribution in [2.45, 2.75) is 45.1 Å². The Bertz CT molecular complexity index is 1360. The summed E-state index contributed by atoms with van der Waals surface area (Å²) in [7, 11) is 0.671. The Kier molecular flexibility index (Phi) is 9.25. The van der Waals surface area contributed by atoms with Gasteiger partial charge in [-0.25, -0.2) is 12.7 Å². The van der Waals surface area contributed by atoms with E-state index in [1.54, 1.807) is 4.31 Å². The van der Waals surface area contributed by atoms with Gasteiger partial charge in [-0.3, -0.25) is 4.79 Å². The number of aromatic nitrogens is 1. The lowest BCUT2D eigenvalue weighted by Crippen LogP contribution is -2.39. The Balaban J connectivity index is 1.60. The van der Waals surface area contributed by atoms with Crippen LogP contribution in [0.2, 0.25) is 0 Å². The van der Waals surface area contributed by atoms with Crippen LogP contribution in [0.1, 0.15) is 48.8 Å². The van der Waals surface area contributed by atoms with Gasteiger partial charge in [-0.15, -0.1) is 0 Å². The molecule has 2 heterocycles. The third kappa shape index (κ3) is 6.83. The van der Waals surface area contributed by atoms with E-state index in [2.05, 4.69) is 53.6 Å². The van der Waals surface area contributed by atoms with E-state index in [0.29, 0.717) is 19.5 Å². The van der Waals surface area contributed by atoms with E-state index in [0.717, 1.165) is 60.1 Å². The van der Waals surface area contributed by atoms with Crippen molar-refractivity contribution in [2.24, 2.45) is 5.73 Å². The second kappa shape index (κ2) is 12.4. The third-order valence-electron chi connectivity index (χ3n) is 7.40. The molecule has 0 aliphatic carbocycles. The Morgan fingerprint density at radius 3 is 2.61 bits per heavy atom. The number of hydrogen-bond acceptors (Lipinski definition) is 5. The van der Waals surface area contributed by atoms with E-state index in [9.17, 15) is 13.2 Å². The highest BCUT2D eigenvalue weighted by atomic mass is 32.2. The maximum Gasteiger partial charge on any atom is 0.221 e. The molecule has 1 aliphatic rings. The summed E-state index contributed by atoms with van der Waals surface area (Å²) < 4.78 is 27.4. The molecule has 1 aromatic heterocycles. The maximum absolute atomic E-state index is 12.9. The maximum atomic E-state index is 12.9. The SMILES string of the molecule is CCNCc1cccc(-c2cc(CC(N)=O)c3[nH]cc(C4CCN(S(=O)(=O)CCCN(C)C)CC4)c3c2)c1. The number of amides is 1. The van der Waals surface area contributed by atoms with Gasteiger partial charge in [0.1, 0.15) is 0 Å². The molecule has 8 nitrogen and oxygen atoms in total. The minimum atomic E-state index is -3.25. The van der Waals surface area contributed by atoms with Gasteiger partial charge < -0.3 is 20.9 Å². The minimum absolute atomic E-state index is 0.158. The molecule has 9 heteroatoms. The number of aromatic amines is 1. The molecule has 4 N–H and O–H groups in total. The Labute approximate surface area is 226 Å². The van der Waals surface area contributed by atoms with Gasteiger partial charge in [0, 0.05) is 36.7 Å². The van der Waals surface area contributed by atoms with Crippen molar-refractivity contribution < 1.29 is 13.2 Å². The highest BCUT2D eigenvalue weighted by Crippen LogP contribution is 2.37. The normalized spacial score (nSPS) is 15.5. The largest absolute Gasteiger partial charge is 0.369 e. The lowest BCUT2D eigenvalue weighted by Gasteiger charge is -2.31. The average Bonchev–Trinajstić information content (AvgIpc) is 3.31. The van der Waals surface area contributed by atoms with Crippen LogP contribution in [-0.4, -0.2) is 74.5 Å². The number of carbonyl (C=O) groups excluding carboxylic acids is 1. The molecule has 0 unspecified atom stereocenters. The van der Waals surface area contributed by atoms with Crippen molar-refractivity contribution in [3.63, 3.8) is 0 Å². The van der Waals surface area contributed by atoms with Gasteiger partial charge in [0.25, 0.3) is 0 Å². The molecule has 38 heavy (non-hydrogen) atoms. The summed E-state index contributed by atoms with van der Waals surface area (Å²) in [4.78, 5) is 17.3. The lowest BCUT2D eigenvalue weighted by molar-refractivity contribution is -0.117. The molecule has 0 atom stereocenters. The average molecular weight is 540 g/mol. The van der Waals surface area contributed by atoms with E-state index in [-0.39, 0.29) is 24.0 Å². The molecular weight excluding hydrogens is 498 g/mol. The molecule has 1 amide bonds. The molecule has 206 valence electrons. The highest BCUT2D eigenvalue weighted by molar-refractivity contribution is 7.89. The Morgan fingerprint density at radius 1 is 1.16 bits per heavy atom. The number of benzene rings is 2. The van der Waals surface area contributed by atoms with Crippen molar-refractivity contribution in [3.05, 3.63) is 59.3 Å². The number of nitrogens with one attached hydrogen (secondary N) is 2. The number of sulfonamides is 1. The molecule has 4 rings (SSSR count). The summed E-state index contributed by atoms with van der Waals surface area (Å²) in [6.07, 6.45) is 4.37. The zero-order valence-corrected chi connectivity index (χ0v) is 23.6. The highest BCUT2D eigenvalue weighted by Gasteiger charge is 2.29. The van der Waals surface area contributed by atoms with Crippen LogP contribution < -0.4 is 11.1 Å². The molecule has 1 fully saturated rings. The van der Waals surface area contributed by atoms with Crippen molar-refractivity contribution in [1.82, 2.24) is 19.5 Å². The zero-order valence-electron chi connectivity index (χ0n) is 22.8. The Hall–Kier alpha value is -2.72. The fourth-order valence-corrected chi connectivity index (χ4v) is 6.95. The quantitative estimate of drug-likeness (QED) is 0.327. The summed E-state index contributed by atoms with van der Waals surface area (Å²) >= 11 is 0. The number of primary amides is 1. The van der Waals surface area contributed by atoms with Crippen LogP contribution in [0.3, 0.4) is 0 Å². The summed E-state index contributed by atoms with van der Waals surface area (Å²) in [5, 5.41) is 4.46. The molecule has 1 saturated heterocycles. The second-order valence-electron chi connectivity index (χ2n) is 10.6. The zero-order chi connectivity index (χ0) is 27.3. The number of nitrogens with two attached hydrogens (primary N) is 1. The van der Waals surface area contributed by atoms with E-state index >= 15 is 0 Å². The smallest absolute Gasteiger partial charge is 0.221 e. The summed E-state index contributed by atoms with van der Waals surface area (Å²) in [5.74, 6) is 0.0670. The first-order chi connectivity index (χ1) is 18.2. The lowest BCUT2D eigenvalue weighted by atomic mass is 9.88. The molecule has 0 spiro atoms. The molecule has 0 bridgehead atoms. The van der Waals surface area contributed by atoms with Crippen molar-refractivity contribution in [1.29, 1.82) is 0 Å². The standard InChI is InChI=1S/C29H41N5O3S/c1-4-31-19-21-7-5-8-23(15-21)24-16-25(18-28(30)35)29-26(17-24)27(20-32-29)22-9-12-34(13-10-22)38(36,37)14-6-11-33(2)3/h5,7-8,15-17,20,22,31-32H,4,6,9-14,18-19H2,1-3H3,(H2,30,35). The van der Waals surface area contributed by atoms with Crippen LogP contribution in [0.4, 0.5) is 0 Å². The number of H-pyrrole nitrogens is 1. The van der Waals surface area contributed by atoms with Gasteiger partial charge in [-0.2, -0.15) is 0 Å². The molecule has 0 saturated carbocycles. The summed E-state index contributed by atoms with van der Waals surface area (Å²) in [5.41, 5.74) is 12.0. The molecular formula is C29H41N5O3S. The summed E-state index contributed by atoms with van der Waals surface area (Å²) in [6.45, 7) is 5.62. The van der Waals surface area contributed by atoms with Gasteiger partial charge in [-0.05, 0) is 98.4 Å². The molecule has 2 aromatic carbocycles. The number of fused-ring (bicyclic) bond motifs is 1. The fraction of sp³-hybridized carbons (Fsp3) is 0.483. The van der Waals surface area contributed by atoms with E-state index in [1.165, 1.54) is 11.1 Å². The van der Waals surface area contributed by atoms with Gasteiger partial charge in [-0.1, -0.05) is 25.1 Å². The predicted octanol–water partition coefficient (Wildman–Crippen LogP) is 3.43. The molecule has 1 aliphatic heterocycles. The van der Waals surface area contributed by atoms with Crippen LogP contribution in [-0.2, 0) is 27.8 Å². The van der Waals surface area contributed by atoms with Crippen LogP contribution in [0, 0.1) is 0 Å². The molecule has 3 aromatic rings. The second-order valence-corrected chi connectivity index (χ2v) is 12.7. The van der Waals surface area contributed by atoms with Gasteiger partial charge >= 0.3 is 0 Å². The van der Waals surface area contributed by atoms with Gasteiger partial charge in [0.15, 0.2) is 0 Å². The summed E-state index contributed by atoms with van der Waals surface area (Å²) in [6, 6.07) is 12.7. The first-order valence-corrected chi connectivity index (χ1v) is 15.1. The Morgan fingerprint density at radius 2 is 1.92 bits per heavy atom. The van der Waals surface area contributed by atoms with Crippen molar-refractivity contribution in [2.75, 3.05) is 46.0 Å². The monoisotopic (exact) mass is 539 g/mol.